The molecule has 6 nitrogen and oxygen atoms in total. The number of rotatable bonds is 6. The Bertz CT molecular complexity index is 708. The molecule has 2 rings (SSSR count). The molecule has 0 aliphatic carbocycles. The average Bonchev–Trinajstić information content (AvgIpc) is 2.65. The summed E-state index contributed by atoms with van der Waals surface area (Å²) in [6, 6.07) is 1.61. The van der Waals surface area contributed by atoms with E-state index in [1.54, 1.807) is 0 Å². The molecule has 2 N–H and O–H groups in total. The maximum atomic E-state index is 12.7. The van der Waals surface area contributed by atoms with Gasteiger partial charge in [-0.3, -0.25) is 14.6 Å². The van der Waals surface area contributed by atoms with E-state index in [1.807, 2.05) is 20.8 Å². The molecule has 1 aliphatic heterocycles. The van der Waals surface area contributed by atoms with E-state index in [0.717, 1.165) is 50.8 Å². The molecule has 9 heteroatoms. The monoisotopic (exact) mass is 414 g/mol. The summed E-state index contributed by atoms with van der Waals surface area (Å²) >= 11 is 0. The lowest BCUT2D eigenvalue weighted by Crippen LogP contribution is -2.43. The molecule has 0 aromatic carbocycles. The molecule has 1 aromatic rings. The van der Waals surface area contributed by atoms with Gasteiger partial charge in [0, 0.05) is 31.2 Å². The number of carbonyl (C=O) groups is 2. The molecule has 1 aliphatic rings. The van der Waals surface area contributed by atoms with E-state index in [1.165, 1.54) is 0 Å². The predicted molar refractivity (Wildman–Crippen MR) is 103 cm³/mol. The molecule has 0 radical (unpaired) electrons. The molecule has 1 fully saturated rings. The second-order valence-electron chi connectivity index (χ2n) is 8.43. The van der Waals surface area contributed by atoms with E-state index in [2.05, 4.69) is 20.5 Å². The first-order valence-corrected chi connectivity index (χ1v) is 9.79. The zero-order valence-electron chi connectivity index (χ0n) is 17.1. The molecule has 0 unspecified atom stereocenters. The van der Waals surface area contributed by atoms with Gasteiger partial charge in [-0.1, -0.05) is 20.8 Å². The number of alkyl halides is 3. The number of likely N-dealkylation sites (tertiary alicyclic amines) is 1. The van der Waals surface area contributed by atoms with Crippen molar-refractivity contribution in [2.45, 2.75) is 39.8 Å². The number of amides is 2. The van der Waals surface area contributed by atoms with Gasteiger partial charge >= 0.3 is 6.18 Å². The first-order valence-electron chi connectivity index (χ1n) is 9.79. The minimum atomic E-state index is -4.50. The zero-order chi connectivity index (χ0) is 21.7. The third-order valence-corrected chi connectivity index (χ3v) is 4.97. The van der Waals surface area contributed by atoms with E-state index in [0.29, 0.717) is 13.1 Å². The van der Waals surface area contributed by atoms with Gasteiger partial charge in [-0.25, -0.2) is 0 Å². The van der Waals surface area contributed by atoms with Gasteiger partial charge in [-0.2, -0.15) is 13.2 Å². The summed E-state index contributed by atoms with van der Waals surface area (Å²) in [6.45, 7) is 9.10. The van der Waals surface area contributed by atoms with Gasteiger partial charge in [0.15, 0.2) is 0 Å². The van der Waals surface area contributed by atoms with Crippen LogP contribution >= 0.6 is 0 Å². The van der Waals surface area contributed by atoms with Crippen molar-refractivity contribution < 1.29 is 22.8 Å². The van der Waals surface area contributed by atoms with Crippen molar-refractivity contribution >= 4 is 11.8 Å². The van der Waals surface area contributed by atoms with Gasteiger partial charge in [0.1, 0.15) is 5.69 Å². The van der Waals surface area contributed by atoms with E-state index in [-0.39, 0.29) is 17.5 Å². The van der Waals surface area contributed by atoms with Crippen LogP contribution in [-0.4, -0.2) is 54.4 Å². The van der Waals surface area contributed by atoms with Crippen molar-refractivity contribution in [1.29, 1.82) is 0 Å². The Morgan fingerprint density at radius 2 is 1.83 bits per heavy atom. The van der Waals surface area contributed by atoms with Crippen molar-refractivity contribution in [2.24, 2.45) is 11.3 Å². The lowest BCUT2D eigenvalue weighted by atomic mass is 9.95. The minimum absolute atomic E-state index is 0.0262. The van der Waals surface area contributed by atoms with Crippen molar-refractivity contribution in [3.63, 3.8) is 0 Å². The van der Waals surface area contributed by atoms with Crippen LogP contribution in [0.3, 0.4) is 0 Å². The Morgan fingerprint density at radius 1 is 1.17 bits per heavy atom. The van der Waals surface area contributed by atoms with Crippen LogP contribution in [0.2, 0.25) is 0 Å². The number of aromatic nitrogens is 1. The summed E-state index contributed by atoms with van der Waals surface area (Å²) in [5.41, 5.74) is -1.52. The second kappa shape index (κ2) is 9.56. The number of carbonyl (C=O) groups excluding carboxylic acids is 2. The quantitative estimate of drug-likeness (QED) is 0.751. The van der Waals surface area contributed by atoms with Gasteiger partial charge in [0.2, 0.25) is 5.91 Å². The summed E-state index contributed by atoms with van der Waals surface area (Å²) < 4.78 is 38.2. The highest BCUT2D eigenvalue weighted by molar-refractivity contribution is 5.92. The molecule has 0 saturated carbocycles. The topological polar surface area (TPSA) is 74.3 Å². The Kier molecular flexibility index (Phi) is 7.62. The Hall–Kier alpha value is -2.16. The van der Waals surface area contributed by atoms with Crippen molar-refractivity contribution in [3.05, 3.63) is 29.6 Å². The molecular weight excluding hydrogens is 385 g/mol. The number of hydrogen-bond acceptors (Lipinski definition) is 4. The third-order valence-electron chi connectivity index (χ3n) is 4.97. The number of nitrogens with one attached hydrogen (secondary N) is 2. The largest absolute Gasteiger partial charge is 0.416 e. The molecule has 1 saturated heterocycles. The van der Waals surface area contributed by atoms with Gasteiger partial charge < -0.3 is 15.5 Å². The van der Waals surface area contributed by atoms with Crippen LogP contribution in [0, 0.1) is 11.3 Å². The number of piperidine rings is 1. The molecule has 0 bridgehead atoms. The number of pyridine rings is 1. The second-order valence-corrected chi connectivity index (χ2v) is 8.43. The van der Waals surface area contributed by atoms with Crippen molar-refractivity contribution in [1.82, 2.24) is 20.5 Å². The standard InChI is InChI=1S/C20H29F3N4O2/c1-19(2,3)18(29)25-8-11-27-9-5-14(6-10-27)13-26-17(28)16-12-15(4-7-24-16)20(21,22)23/h4,7,12,14H,5-6,8-11,13H2,1-3H3,(H,25,29)(H,26,28). The van der Waals surface area contributed by atoms with Crippen LogP contribution < -0.4 is 10.6 Å². The van der Waals surface area contributed by atoms with Crippen LogP contribution in [0.15, 0.2) is 18.3 Å². The summed E-state index contributed by atoms with van der Waals surface area (Å²) in [5.74, 6) is -0.299. The minimum Gasteiger partial charge on any atom is -0.354 e. The number of halogens is 3. The van der Waals surface area contributed by atoms with Gasteiger partial charge in [-0.05, 0) is 44.0 Å². The van der Waals surface area contributed by atoms with Crippen LogP contribution in [0.1, 0.15) is 49.7 Å². The summed E-state index contributed by atoms with van der Waals surface area (Å²) in [7, 11) is 0. The molecule has 0 atom stereocenters. The van der Waals surface area contributed by atoms with Crippen LogP contribution in [0.5, 0.6) is 0 Å². The lowest BCUT2D eigenvalue weighted by Gasteiger charge is -2.32. The van der Waals surface area contributed by atoms with Crippen molar-refractivity contribution in [3.8, 4) is 0 Å². The number of hydrogen-bond donors (Lipinski definition) is 2. The van der Waals surface area contributed by atoms with Gasteiger partial charge in [0.05, 0.1) is 5.56 Å². The van der Waals surface area contributed by atoms with Gasteiger partial charge in [0.25, 0.3) is 5.91 Å². The third kappa shape index (κ3) is 7.30. The normalized spacial score (nSPS) is 16.5. The summed E-state index contributed by atoms with van der Waals surface area (Å²) in [5, 5.41) is 5.62. The van der Waals surface area contributed by atoms with E-state index in [9.17, 15) is 22.8 Å². The Labute approximate surface area is 169 Å². The molecule has 162 valence electrons. The van der Waals surface area contributed by atoms with E-state index < -0.39 is 23.1 Å². The molecule has 29 heavy (non-hydrogen) atoms. The highest BCUT2D eigenvalue weighted by atomic mass is 19.4. The first-order chi connectivity index (χ1) is 13.5. The lowest BCUT2D eigenvalue weighted by molar-refractivity contribution is -0.137. The summed E-state index contributed by atoms with van der Waals surface area (Å²) in [6.07, 6.45) is -1.75. The molecular formula is C20H29F3N4O2. The highest BCUT2D eigenvalue weighted by Gasteiger charge is 2.31. The maximum Gasteiger partial charge on any atom is 0.416 e. The maximum absolute atomic E-state index is 12.7. The smallest absolute Gasteiger partial charge is 0.354 e. The van der Waals surface area contributed by atoms with Crippen LogP contribution in [0.25, 0.3) is 0 Å². The van der Waals surface area contributed by atoms with E-state index in [4.69, 9.17) is 0 Å². The molecule has 2 heterocycles. The van der Waals surface area contributed by atoms with Crippen LogP contribution in [-0.2, 0) is 11.0 Å². The predicted octanol–water partition coefficient (Wildman–Crippen LogP) is 2.70. The highest BCUT2D eigenvalue weighted by Crippen LogP contribution is 2.29. The fraction of sp³-hybridized carbons (Fsp3) is 0.650. The van der Waals surface area contributed by atoms with E-state index >= 15 is 0 Å². The molecule has 1 aromatic heterocycles. The van der Waals surface area contributed by atoms with Gasteiger partial charge in [-0.15, -0.1) is 0 Å². The average molecular weight is 414 g/mol. The molecule has 0 spiro atoms. The Morgan fingerprint density at radius 3 is 2.41 bits per heavy atom. The van der Waals surface area contributed by atoms with Crippen LogP contribution in [0.4, 0.5) is 13.2 Å². The fourth-order valence-electron chi connectivity index (χ4n) is 3.07. The SMILES string of the molecule is CC(C)(C)C(=O)NCCN1CCC(CNC(=O)c2cc(C(F)(F)F)ccn2)CC1. The molecule has 2 amide bonds. The summed E-state index contributed by atoms with van der Waals surface area (Å²) in [4.78, 5) is 30.0. The first kappa shape index (κ1) is 23.1. The fourth-order valence-corrected chi connectivity index (χ4v) is 3.07. The van der Waals surface area contributed by atoms with Crippen molar-refractivity contribution in [2.75, 3.05) is 32.7 Å². The Balaban J connectivity index is 1.71. The zero-order valence-corrected chi connectivity index (χ0v) is 17.1. The number of nitrogens with zero attached hydrogens (tertiary/aromatic N) is 2.